The summed E-state index contributed by atoms with van der Waals surface area (Å²) in [6.07, 6.45) is 3.81. The largest absolute Gasteiger partial charge is 0.491 e. The van der Waals surface area contributed by atoms with E-state index >= 15 is 0 Å². The number of hydrogen-bond acceptors (Lipinski definition) is 4. The van der Waals surface area contributed by atoms with E-state index in [2.05, 4.69) is 19.8 Å². The highest BCUT2D eigenvalue weighted by atomic mass is 35.5. The van der Waals surface area contributed by atoms with Gasteiger partial charge in [-0.3, -0.25) is 4.90 Å². The second-order valence-corrected chi connectivity index (χ2v) is 6.42. The van der Waals surface area contributed by atoms with Gasteiger partial charge in [-0.1, -0.05) is 23.2 Å². The van der Waals surface area contributed by atoms with Gasteiger partial charge in [-0.2, -0.15) is 0 Å². The summed E-state index contributed by atoms with van der Waals surface area (Å²) < 4.78 is 7.88. The summed E-state index contributed by atoms with van der Waals surface area (Å²) >= 11 is 12.1. The fourth-order valence-corrected chi connectivity index (χ4v) is 3.16. The van der Waals surface area contributed by atoms with Crippen LogP contribution in [0.2, 0.25) is 10.0 Å². The highest BCUT2D eigenvalue weighted by molar-refractivity contribution is 6.34. The summed E-state index contributed by atoms with van der Waals surface area (Å²) in [6.45, 7) is 4.19. The lowest BCUT2D eigenvalue weighted by Crippen LogP contribution is -2.48. The van der Waals surface area contributed by atoms with Crippen molar-refractivity contribution >= 4 is 23.2 Å². The fourth-order valence-electron chi connectivity index (χ4n) is 2.83. The number of halogens is 2. The summed E-state index contributed by atoms with van der Waals surface area (Å²) in [5, 5.41) is 4.63. The molecule has 1 unspecified atom stereocenters. The molecule has 1 atom stereocenters. The first kappa shape index (κ1) is 16.6. The first-order chi connectivity index (χ1) is 11.1. The third kappa shape index (κ3) is 3.98. The smallest absolute Gasteiger partial charge is 0.139 e. The molecule has 2 heterocycles. The van der Waals surface area contributed by atoms with E-state index in [1.54, 1.807) is 18.2 Å². The second kappa shape index (κ2) is 7.53. The van der Waals surface area contributed by atoms with Gasteiger partial charge in [0.2, 0.25) is 0 Å². The summed E-state index contributed by atoms with van der Waals surface area (Å²) in [6, 6.07) is 5.50. The molecule has 1 fully saturated rings. The Morgan fingerprint density at radius 1 is 1.39 bits per heavy atom. The molecule has 0 aliphatic carbocycles. The van der Waals surface area contributed by atoms with E-state index in [0.29, 0.717) is 22.4 Å². The maximum Gasteiger partial charge on any atom is 0.139 e. The molecule has 3 rings (SSSR count). The zero-order valence-corrected chi connectivity index (χ0v) is 14.5. The van der Waals surface area contributed by atoms with E-state index < -0.39 is 0 Å². The maximum atomic E-state index is 6.13. The van der Waals surface area contributed by atoms with E-state index in [0.717, 1.165) is 32.0 Å². The van der Waals surface area contributed by atoms with Crippen LogP contribution in [-0.2, 0) is 7.05 Å². The number of aryl methyl sites for hydroxylation is 1. The molecule has 124 valence electrons. The Labute approximate surface area is 146 Å². The van der Waals surface area contributed by atoms with Gasteiger partial charge in [0, 0.05) is 56.7 Å². The van der Waals surface area contributed by atoms with Gasteiger partial charge < -0.3 is 14.6 Å². The molecule has 0 bridgehead atoms. The molecule has 5 nitrogen and oxygen atoms in total. The molecule has 0 radical (unpaired) electrons. The predicted octanol–water partition coefficient (Wildman–Crippen LogP) is 2.75. The minimum absolute atomic E-state index is 0.252. The fraction of sp³-hybridized carbons (Fsp3) is 0.438. The monoisotopic (exact) mass is 354 g/mol. The number of nitrogens with one attached hydrogen (secondary N) is 1. The molecule has 0 saturated carbocycles. The SMILES string of the molecule is Cn1ccnc1C1CNCCN1CCOc1cc(Cl)ccc1Cl. The van der Waals surface area contributed by atoms with Crippen molar-refractivity contribution in [2.75, 3.05) is 32.8 Å². The molecule has 7 heteroatoms. The minimum Gasteiger partial charge on any atom is -0.491 e. The molecule has 0 spiro atoms. The molecular weight excluding hydrogens is 335 g/mol. The lowest BCUT2D eigenvalue weighted by Gasteiger charge is -2.35. The third-order valence-corrected chi connectivity index (χ3v) is 4.59. The summed E-state index contributed by atoms with van der Waals surface area (Å²) in [5.41, 5.74) is 0. The number of nitrogens with zero attached hydrogens (tertiary/aromatic N) is 3. The van der Waals surface area contributed by atoms with E-state index in [4.69, 9.17) is 27.9 Å². The van der Waals surface area contributed by atoms with Crippen LogP contribution in [0.25, 0.3) is 0 Å². The van der Waals surface area contributed by atoms with Gasteiger partial charge in [0.15, 0.2) is 0 Å². The van der Waals surface area contributed by atoms with Crippen LogP contribution in [-0.4, -0.2) is 47.2 Å². The number of aromatic nitrogens is 2. The molecule has 1 aromatic heterocycles. The lowest BCUT2D eigenvalue weighted by molar-refractivity contribution is 0.127. The van der Waals surface area contributed by atoms with Gasteiger partial charge in [-0.25, -0.2) is 4.98 Å². The van der Waals surface area contributed by atoms with Crippen LogP contribution in [0.15, 0.2) is 30.6 Å². The summed E-state index contributed by atoms with van der Waals surface area (Å²) in [7, 11) is 2.03. The quantitative estimate of drug-likeness (QED) is 0.896. The number of hydrogen-bond donors (Lipinski definition) is 1. The topological polar surface area (TPSA) is 42.3 Å². The highest BCUT2D eigenvalue weighted by Gasteiger charge is 2.26. The van der Waals surface area contributed by atoms with Crippen molar-refractivity contribution in [2.45, 2.75) is 6.04 Å². The Morgan fingerprint density at radius 2 is 2.26 bits per heavy atom. The van der Waals surface area contributed by atoms with E-state index in [9.17, 15) is 0 Å². The second-order valence-electron chi connectivity index (χ2n) is 5.58. The van der Waals surface area contributed by atoms with Crippen LogP contribution in [0.3, 0.4) is 0 Å². The standard InChI is InChI=1S/C16H20Cl2N4O/c1-21-6-5-20-16(21)14-11-19-4-7-22(14)8-9-23-15-10-12(17)2-3-13(15)18/h2-3,5-6,10,14,19H,4,7-9,11H2,1H3. The van der Waals surface area contributed by atoms with Crippen molar-refractivity contribution in [3.63, 3.8) is 0 Å². The van der Waals surface area contributed by atoms with Crippen LogP contribution in [0, 0.1) is 0 Å². The maximum absolute atomic E-state index is 6.13. The van der Waals surface area contributed by atoms with Gasteiger partial charge >= 0.3 is 0 Å². The molecule has 1 saturated heterocycles. The van der Waals surface area contributed by atoms with Crippen molar-refractivity contribution in [1.29, 1.82) is 0 Å². The first-order valence-electron chi connectivity index (χ1n) is 7.65. The van der Waals surface area contributed by atoms with E-state index in [1.807, 2.05) is 19.4 Å². The number of ether oxygens (including phenoxy) is 1. The Morgan fingerprint density at radius 3 is 3.04 bits per heavy atom. The van der Waals surface area contributed by atoms with Crippen LogP contribution in [0.5, 0.6) is 5.75 Å². The number of piperazine rings is 1. The number of benzene rings is 1. The average Bonchev–Trinajstić information content (AvgIpc) is 2.97. The minimum atomic E-state index is 0.252. The van der Waals surface area contributed by atoms with Crippen molar-refractivity contribution in [3.05, 3.63) is 46.5 Å². The van der Waals surface area contributed by atoms with Crippen LogP contribution in [0.4, 0.5) is 0 Å². The molecular formula is C16H20Cl2N4O. The highest BCUT2D eigenvalue weighted by Crippen LogP contribution is 2.28. The van der Waals surface area contributed by atoms with Crippen molar-refractivity contribution < 1.29 is 4.74 Å². The van der Waals surface area contributed by atoms with Gasteiger partial charge in [-0.05, 0) is 12.1 Å². The zero-order chi connectivity index (χ0) is 16.2. The predicted molar refractivity (Wildman–Crippen MR) is 92.3 cm³/mol. The summed E-state index contributed by atoms with van der Waals surface area (Å²) in [5.74, 6) is 1.70. The lowest BCUT2D eigenvalue weighted by atomic mass is 10.2. The van der Waals surface area contributed by atoms with Crippen LogP contribution < -0.4 is 10.1 Å². The summed E-state index contributed by atoms with van der Waals surface area (Å²) in [4.78, 5) is 6.87. The van der Waals surface area contributed by atoms with E-state index in [1.165, 1.54) is 0 Å². The first-order valence-corrected chi connectivity index (χ1v) is 8.40. The van der Waals surface area contributed by atoms with Gasteiger partial charge in [0.1, 0.15) is 18.2 Å². The number of imidazole rings is 1. The van der Waals surface area contributed by atoms with E-state index in [-0.39, 0.29) is 6.04 Å². The molecule has 1 aliphatic heterocycles. The number of rotatable bonds is 5. The Bertz CT molecular complexity index is 661. The van der Waals surface area contributed by atoms with Crippen molar-refractivity contribution in [2.24, 2.45) is 7.05 Å². The molecule has 0 amide bonds. The molecule has 1 N–H and O–H groups in total. The normalized spacial score (nSPS) is 19.0. The third-order valence-electron chi connectivity index (χ3n) is 4.04. The molecule has 1 aliphatic rings. The zero-order valence-electron chi connectivity index (χ0n) is 13.0. The molecule has 23 heavy (non-hydrogen) atoms. The van der Waals surface area contributed by atoms with Crippen molar-refractivity contribution in [1.82, 2.24) is 19.8 Å². The van der Waals surface area contributed by atoms with Crippen LogP contribution in [0.1, 0.15) is 11.9 Å². The molecule has 1 aromatic carbocycles. The average molecular weight is 355 g/mol. The Balaban J connectivity index is 1.62. The molecule has 2 aromatic rings. The van der Waals surface area contributed by atoms with Gasteiger partial charge in [0.05, 0.1) is 11.1 Å². The van der Waals surface area contributed by atoms with Gasteiger partial charge in [-0.15, -0.1) is 0 Å². The van der Waals surface area contributed by atoms with Crippen LogP contribution >= 0.6 is 23.2 Å². The Kier molecular flexibility index (Phi) is 5.43. The van der Waals surface area contributed by atoms with Gasteiger partial charge in [0.25, 0.3) is 0 Å². The van der Waals surface area contributed by atoms with Crippen molar-refractivity contribution in [3.8, 4) is 5.75 Å². The Hall–Kier alpha value is -1.27.